The lowest BCUT2D eigenvalue weighted by Crippen LogP contribution is -2.08. The van der Waals surface area contributed by atoms with Gasteiger partial charge in [-0.2, -0.15) is 0 Å². The predicted octanol–water partition coefficient (Wildman–Crippen LogP) is 3.34. The van der Waals surface area contributed by atoms with Crippen molar-refractivity contribution in [1.82, 2.24) is 9.97 Å². The van der Waals surface area contributed by atoms with Crippen LogP contribution in [0, 0.1) is 0 Å². The molecule has 108 valence electrons. The van der Waals surface area contributed by atoms with E-state index < -0.39 is 0 Å². The van der Waals surface area contributed by atoms with Crippen LogP contribution in [0.15, 0.2) is 57.7 Å². The first-order valence-corrected chi connectivity index (χ1v) is 6.81. The van der Waals surface area contributed by atoms with E-state index in [1.165, 1.54) is 0 Å². The van der Waals surface area contributed by atoms with Gasteiger partial charge in [0.05, 0.1) is 18.0 Å². The van der Waals surface area contributed by atoms with E-state index in [1.807, 2.05) is 36.4 Å². The molecule has 0 aliphatic heterocycles. The second-order valence-corrected chi connectivity index (χ2v) is 4.95. The van der Waals surface area contributed by atoms with Crippen LogP contribution in [0.2, 0.25) is 0 Å². The highest BCUT2D eigenvalue weighted by Crippen LogP contribution is 2.28. The van der Waals surface area contributed by atoms with Crippen molar-refractivity contribution in [2.24, 2.45) is 0 Å². The first-order chi connectivity index (χ1) is 10.7. The fourth-order valence-electron chi connectivity index (χ4n) is 2.47. The molecule has 0 aliphatic rings. The summed E-state index contributed by atoms with van der Waals surface area (Å²) in [6.07, 6.45) is 0. The third kappa shape index (κ3) is 1.95. The zero-order chi connectivity index (χ0) is 15.1. The number of benzene rings is 2. The van der Waals surface area contributed by atoms with Crippen LogP contribution in [0.5, 0.6) is 5.75 Å². The van der Waals surface area contributed by atoms with E-state index in [4.69, 9.17) is 9.15 Å². The Labute approximate surface area is 125 Å². The van der Waals surface area contributed by atoms with E-state index >= 15 is 0 Å². The van der Waals surface area contributed by atoms with Gasteiger partial charge < -0.3 is 14.1 Å². The molecule has 0 spiro atoms. The number of hydrogen-bond donors (Lipinski definition) is 1. The molecule has 4 aromatic rings. The zero-order valence-corrected chi connectivity index (χ0v) is 11.8. The second kappa shape index (κ2) is 4.73. The molecule has 1 N–H and O–H groups in total. The van der Waals surface area contributed by atoms with Gasteiger partial charge in [-0.15, -0.1) is 0 Å². The van der Waals surface area contributed by atoms with Crippen molar-refractivity contribution in [2.75, 3.05) is 7.11 Å². The van der Waals surface area contributed by atoms with Crippen LogP contribution in [-0.4, -0.2) is 17.1 Å². The molecule has 2 heterocycles. The Morgan fingerprint density at radius 3 is 2.86 bits per heavy atom. The molecule has 5 nitrogen and oxygen atoms in total. The van der Waals surface area contributed by atoms with Gasteiger partial charge in [-0.25, -0.2) is 4.98 Å². The molecule has 0 atom stereocenters. The van der Waals surface area contributed by atoms with Crippen molar-refractivity contribution in [2.45, 2.75) is 0 Å². The molecule has 4 rings (SSSR count). The second-order valence-electron chi connectivity index (χ2n) is 4.95. The summed E-state index contributed by atoms with van der Waals surface area (Å²) in [5.41, 5.74) is 1.17. The molecule has 0 bridgehead atoms. The molecular weight excluding hydrogens is 280 g/mol. The van der Waals surface area contributed by atoms with E-state index in [2.05, 4.69) is 9.97 Å². The number of fused-ring (bicyclic) bond motifs is 2. The van der Waals surface area contributed by atoms with Gasteiger partial charge in [-0.1, -0.05) is 12.1 Å². The Balaban J connectivity index is 1.93. The van der Waals surface area contributed by atoms with Gasteiger partial charge in [0, 0.05) is 5.39 Å². The number of rotatable bonds is 2. The lowest BCUT2D eigenvalue weighted by atomic mass is 10.2. The van der Waals surface area contributed by atoms with Crippen LogP contribution in [0.3, 0.4) is 0 Å². The number of nitrogens with zero attached hydrogens (tertiary/aromatic N) is 1. The van der Waals surface area contributed by atoms with Crippen LogP contribution < -0.4 is 10.3 Å². The molecule has 0 saturated heterocycles. The Morgan fingerprint density at radius 2 is 2.00 bits per heavy atom. The number of para-hydroxylation sites is 1. The standard InChI is InChI=1S/C17H12N2O3/c1-21-11-6-7-14-10(8-11)9-15(22-14)16-18-13-5-3-2-4-12(13)17(20)19-16/h2-9H,1H3,(H,18,19,20). The van der Waals surface area contributed by atoms with Crippen LogP contribution in [0.4, 0.5) is 0 Å². The maximum Gasteiger partial charge on any atom is 0.259 e. The largest absolute Gasteiger partial charge is 0.497 e. The third-order valence-electron chi connectivity index (χ3n) is 3.57. The summed E-state index contributed by atoms with van der Waals surface area (Å²) in [5, 5.41) is 1.45. The first kappa shape index (κ1) is 12.6. The fraction of sp³-hybridized carbons (Fsp3) is 0.0588. The van der Waals surface area contributed by atoms with Crippen molar-refractivity contribution >= 4 is 21.9 Å². The van der Waals surface area contributed by atoms with Gasteiger partial charge in [0.25, 0.3) is 5.56 Å². The summed E-state index contributed by atoms with van der Waals surface area (Å²) in [6.45, 7) is 0. The summed E-state index contributed by atoms with van der Waals surface area (Å²) in [7, 11) is 1.62. The molecule has 5 heteroatoms. The van der Waals surface area contributed by atoms with Gasteiger partial charge in [0.2, 0.25) is 0 Å². The molecule has 0 saturated carbocycles. The van der Waals surface area contributed by atoms with Gasteiger partial charge in [0.15, 0.2) is 11.6 Å². The van der Waals surface area contributed by atoms with E-state index in [-0.39, 0.29) is 5.56 Å². The fourth-order valence-corrected chi connectivity index (χ4v) is 2.47. The highest BCUT2D eigenvalue weighted by molar-refractivity contribution is 5.84. The van der Waals surface area contributed by atoms with E-state index in [1.54, 1.807) is 19.2 Å². The van der Waals surface area contributed by atoms with Gasteiger partial charge in [0.1, 0.15) is 11.3 Å². The Kier molecular flexibility index (Phi) is 2.72. The topological polar surface area (TPSA) is 68.1 Å². The summed E-state index contributed by atoms with van der Waals surface area (Å²) in [4.78, 5) is 19.4. The van der Waals surface area contributed by atoms with Gasteiger partial charge in [-0.05, 0) is 36.4 Å². The third-order valence-corrected chi connectivity index (χ3v) is 3.57. The minimum atomic E-state index is -0.182. The van der Waals surface area contributed by atoms with Crippen molar-refractivity contribution < 1.29 is 9.15 Å². The van der Waals surface area contributed by atoms with Crippen molar-refractivity contribution in [3.8, 4) is 17.3 Å². The number of ether oxygens (including phenoxy) is 1. The molecule has 2 aromatic carbocycles. The Hall–Kier alpha value is -3.08. The molecule has 0 aliphatic carbocycles. The molecule has 0 radical (unpaired) electrons. The van der Waals surface area contributed by atoms with Crippen molar-refractivity contribution in [3.63, 3.8) is 0 Å². The number of aromatic nitrogens is 2. The van der Waals surface area contributed by atoms with E-state index in [0.717, 1.165) is 11.1 Å². The highest BCUT2D eigenvalue weighted by atomic mass is 16.5. The number of nitrogens with one attached hydrogen (secondary N) is 1. The molecule has 0 fully saturated rings. The minimum Gasteiger partial charge on any atom is -0.497 e. The number of H-pyrrole nitrogens is 1. The smallest absolute Gasteiger partial charge is 0.259 e. The normalized spacial score (nSPS) is 11.1. The van der Waals surface area contributed by atoms with Crippen LogP contribution >= 0.6 is 0 Å². The summed E-state index contributed by atoms with van der Waals surface area (Å²) in [6, 6.07) is 14.6. The lowest BCUT2D eigenvalue weighted by molar-refractivity contribution is 0.415. The first-order valence-electron chi connectivity index (χ1n) is 6.81. The van der Waals surface area contributed by atoms with Crippen LogP contribution in [0.25, 0.3) is 33.5 Å². The highest BCUT2D eigenvalue weighted by Gasteiger charge is 2.11. The van der Waals surface area contributed by atoms with E-state index in [9.17, 15) is 4.79 Å². The molecule has 0 amide bonds. The zero-order valence-electron chi connectivity index (χ0n) is 11.8. The quantitative estimate of drug-likeness (QED) is 0.615. The number of hydrogen-bond acceptors (Lipinski definition) is 4. The number of furan rings is 1. The van der Waals surface area contributed by atoms with Crippen molar-refractivity contribution in [1.29, 1.82) is 0 Å². The maximum absolute atomic E-state index is 12.1. The number of aromatic amines is 1. The van der Waals surface area contributed by atoms with Gasteiger partial charge in [-0.3, -0.25) is 4.79 Å². The SMILES string of the molecule is COc1ccc2oc(-c3nc4ccccc4c(=O)[nH]3)cc2c1. The van der Waals surface area contributed by atoms with Crippen LogP contribution in [-0.2, 0) is 0 Å². The lowest BCUT2D eigenvalue weighted by Gasteiger charge is -1.99. The molecular formula is C17H12N2O3. The maximum atomic E-state index is 12.1. The summed E-state index contributed by atoms with van der Waals surface area (Å²) in [5.74, 6) is 1.68. The summed E-state index contributed by atoms with van der Waals surface area (Å²) >= 11 is 0. The van der Waals surface area contributed by atoms with Gasteiger partial charge >= 0.3 is 0 Å². The average Bonchev–Trinajstić information content (AvgIpc) is 2.98. The Bertz CT molecular complexity index is 1050. The van der Waals surface area contributed by atoms with E-state index in [0.29, 0.717) is 28.1 Å². The predicted molar refractivity (Wildman–Crippen MR) is 84.1 cm³/mol. The monoisotopic (exact) mass is 292 g/mol. The minimum absolute atomic E-state index is 0.182. The molecule has 0 unspecified atom stereocenters. The molecule has 2 aromatic heterocycles. The average molecular weight is 292 g/mol. The Morgan fingerprint density at radius 1 is 1.14 bits per heavy atom. The summed E-state index contributed by atoms with van der Waals surface area (Å²) < 4.78 is 11.0. The van der Waals surface area contributed by atoms with Crippen molar-refractivity contribution in [3.05, 3.63) is 58.9 Å². The van der Waals surface area contributed by atoms with Crippen LogP contribution in [0.1, 0.15) is 0 Å². The number of methoxy groups -OCH3 is 1. The molecule has 22 heavy (non-hydrogen) atoms.